The van der Waals surface area contributed by atoms with E-state index in [0.717, 1.165) is 6.54 Å². The predicted molar refractivity (Wildman–Crippen MR) is 64.5 cm³/mol. The second kappa shape index (κ2) is 4.65. The van der Waals surface area contributed by atoms with Gasteiger partial charge in [-0.15, -0.1) is 0 Å². The Bertz CT molecular complexity index is 534. The largest absolute Gasteiger partial charge is 0.399 e. The predicted octanol–water partition coefficient (Wildman–Crippen LogP) is 1.13. The van der Waals surface area contributed by atoms with Gasteiger partial charge in [-0.3, -0.25) is 14.5 Å². The highest BCUT2D eigenvalue weighted by Gasteiger charge is 2.09. The van der Waals surface area contributed by atoms with Crippen LogP contribution in [0, 0.1) is 0 Å². The molecular weight excluding hydrogens is 218 g/mol. The monoisotopic (exact) mass is 231 g/mol. The minimum atomic E-state index is -0.321. The molecule has 0 bridgehead atoms. The van der Waals surface area contributed by atoms with Gasteiger partial charge in [-0.25, -0.2) is 0 Å². The van der Waals surface area contributed by atoms with Crippen molar-refractivity contribution in [1.82, 2.24) is 14.8 Å². The second-order valence-electron chi connectivity index (χ2n) is 3.49. The van der Waals surface area contributed by atoms with Crippen molar-refractivity contribution in [3.05, 3.63) is 36.3 Å². The molecule has 88 valence electrons. The SMILES string of the molecule is CCn1ccc(NC(=O)c2cc(N)ccn2)n1. The van der Waals surface area contributed by atoms with Gasteiger partial charge in [0, 0.05) is 30.7 Å². The standard InChI is InChI=1S/C11H13N5O/c1-2-16-6-4-10(15-16)14-11(17)9-7-8(12)3-5-13-9/h3-7H,2H2,1H3,(H2,12,13)(H,14,15,17). The van der Waals surface area contributed by atoms with Crippen LogP contribution >= 0.6 is 0 Å². The number of nitrogens with zero attached hydrogens (tertiary/aromatic N) is 3. The molecule has 6 nitrogen and oxygen atoms in total. The normalized spacial score (nSPS) is 10.2. The number of nitrogens with one attached hydrogen (secondary N) is 1. The van der Waals surface area contributed by atoms with E-state index in [1.165, 1.54) is 12.3 Å². The van der Waals surface area contributed by atoms with Crippen LogP contribution < -0.4 is 11.1 Å². The number of amides is 1. The van der Waals surface area contributed by atoms with Gasteiger partial charge in [0.05, 0.1) is 0 Å². The molecule has 0 aromatic carbocycles. The highest BCUT2D eigenvalue weighted by molar-refractivity contribution is 6.02. The van der Waals surface area contributed by atoms with E-state index in [9.17, 15) is 4.79 Å². The first-order valence-electron chi connectivity index (χ1n) is 5.25. The number of nitrogen functional groups attached to an aromatic ring is 1. The molecule has 0 atom stereocenters. The van der Waals surface area contributed by atoms with Crippen LogP contribution in [0.2, 0.25) is 0 Å². The summed E-state index contributed by atoms with van der Waals surface area (Å²) in [4.78, 5) is 15.7. The minimum Gasteiger partial charge on any atom is -0.399 e. The van der Waals surface area contributed by atoms with Gasteiger partial charge in [0.15, 0.2) is 5.82 Å². The molecular formula is C11H13N5O. The molecule has 0 saturated carbocycles. The fourth-order valence-corrected chi connectivity index (χ4v) is 1.36. The van der Waals surface area contributed by atoms with Crippen LogP contribution in [-0.4, -0.2) is 20.7 Å². The molecule has 0 unspecified atom stereocenters. The topological polar surface area (TPSA) is 85.8 Å². The first kappa shape index (κ1) is 11.1. The number of aromatic nitrogens is 3. The molecule has 17 heavy (non-hydrogen) atoms. The Hall–Kier alpha value is -2.37. The van der Waals surface area contributed by atoms with Crippen molar-refractivity contribution in [3.8, 4) is 0 Å². The number of pyridine rings is 1. The van der Waals surface area contributed by atoms with Crippen molar-refractivity contribution >= 4 is 17.4 Å². The number of anilines is 2. The molecule has 0 aliphatic carbocycles. The molecule has 0 radical (unpaired) electrons. The lowest BCUT2D eigenvalue weighted by molar-refractivity contribution is 0.102. The van der Waals surface area contributed by atoms with E-state index in [1.54, 1.807) is 23.0 Å². The Morgan fingerprint density at radius 3 is 3.00 bits per heavy atom. The summed E-state index contributed by atoms with van der Waals surface area (Å²) in [7, 11) is 0. The van der Waals surface area contributed by atoms with E-state index in [-0.39, 0.29) is 11.6 Å². The lowest BCUT2D eigenvalue weighted by Gasteiger charge is -2.01. The molecule has 2 aromatic rings. The van der Waals surface area contributed by atoms with Gasteiger partial charge >= 0.3 is 0 Å². The molecule has 3 N–H and O–H groups in total. The Labute approximate surface area is 98.5 Å². The molecule has 2 heterocycles. The van der Waals surface area contributed by atoms with Crippen molar-refractivity contribution in [2.75, 3.05) is 11.1 Å². The summed E-state index contributed by atoms with van der Waals surface area (Å²) >= 11 is 0. The zero-order valence-corrected chi connectivity index (χ0v) is 9.42. The molecule has 0 aliphatic heterocycles. The van der Waals surface area contributed by atoms with E-state index >= 15 is 0 Å². The second-order valence-corrected chi connectivity index (χ2v) is 3.49. The maximum Gasteiger partial charge on any atom is 0.275 e. The van der Waals surface area contributed by atoms with Crippen molar-refractivity contribution in [3.63, 3.8) is 0 Å². The summed E-state index contributed by atoms with van der Waals surface area (Å²) in [6.45, 7) is 2.73. The van der Waals surface area contributed by atoms with Crippen molar-refractivity contribution in [2.24, 2.45) is 0 Å². The van der Waals surface area contributed by atoms with Gasteiger partial charge in [-0.1, -0.05) is 0 Å². The summed E-state index contributed by atoms with van der Waals surface area (Å²) in [5.74, 6) is 0.180. The average Bonchev–Trinajstić information content (AvgIpc) is 2.77. The summed E-state index contributed by atoms with van der Waals surface area (Å²) in [6.07, 6.45) is 3.29. The molecule has 0 spiro atoms. The van der Waals surface area contributed by atoms with Crippen molar-refractivity contribution < 1.29 is 4.79 Å². The number of nitrogens with two attached hydrogens (primary N) is 1. The molecule has 2 rings (SSSR count). The van der Waals surface area contributed by atoms with Crippen molar-refractivity contribution in [1.29, 1.82) is 0 Å². The maximum absolute atomic E-state index is 11.8. The number of hydrogen-bond acceptors (Lipinski definition) is 4. The molecule has 0 saturated heterocycles. The summed E-state index contributed by atoms with van der Waals surface area (Å²) in [6, 6.07) is 4.88. The van der Waals surface area contributed by atoms with Crippen LogP contribution in [0.4, 0.5) is 11.5 Å². The van der Waals surface area contributed by atoms with E-state index in [0.29, 0.717) is 11.5 Å². The number of hydrogen-bond donors (Lipinski definition) is 2. The quantitative estimate of drug-likeness (QED) is 0.829. The van der Waals surface area contributed by atoms with E-state index in [2.05, 4.69) is 15.4 Å². The van der Waals surface area contributed by atoms with E-state index in [1.807, 2.05) is 6.92 Å². The van der Waals surface area contributed by atoms with E-state index in [4.69, 9.17) is 5.73 Å². The highest BCUT2D eigenvalue weighted by Crippen LogP contribution is 2.07. The van der Waals surface area contributed by atoms with Crippen molar-refractivity contribution in [2.45, 2.75) is 13.5 Å². The van der Waals surface area contributed by atoms with E-state index < -0.39 is 0 Å². The van der Waals surface area contributed by atoms with Crippen LogP contribution in [0.3, 0.4) is 0 Å². The lowest BCUT2D eigenvalue weighted by atomic mass is 10.3. The third-order valence-electron chi connectivity index (χ3n) is 2.22. The highest BCUT2D eigenvalue weighted by atomic mass is 16.1. The molecule has 0 aliphatic rings. The van der Waals surface area contributed by atoms with Gasteiger partial charge < -0.3 is 11.1 Å². The number of carbonyl (C=O) groups is 1. The van der Waals surface area contributed by atoms with Crippen LogP contribution in [0.15, 0.2) is 30.6 Å². The molecule has 6 heteroatoms. The first-order valence-corrected chi connectivity index (χ1v) is 5.25. The fourth-order valence-electron chi connectivity index (χ4n) is 1.36. The van der Waals surface area contributed by atoms with Gasteiger partial charge in [-0.05, 0) is 19.1 Å². The zero-order valence-electron chi connectivity index (χ0n) is 9.42. The van der Waals surface area contributed by atoms with Gasteiger partial charge in [0.1, 0.15) is 5.69 Å². The smallest absolute Gasteiger partial charge is 0.275 e. The van der Waals surface area contributed by atoms with Crippen LogP contribution in [0.1, 0.15) is 17.4 Å². The maximum atomic E-state index is 11.8. The molecule has 0 fully saturated rings. The Balaban J connectivity index is 2.11. The van der Waals surface area contributed by atoms with Gasteiger partial charge in [0.2, 0.25) is 0 Å². The Kier molecular flexibility index (Phi) is 3.04. The lowest BCUT2D eigenvalue weighted by Crippen LogP contribution is -2.14. The Morgan fingerprint density at radius 1 is 1.53 bits per heavy atom. The Morgan fingerprint density at radius 2 is 2.35 bits per heavy atom. The zero-order chi connectivity index (χ0) is 12.3. The molecule has 1 amide bonds. The van der Waals surface area contributed by atoms with Gasteiger partial charge in [-0.2, -0.15) is 5.10 Å². The number of carbonyl (C=O) groups excluding carboxylic acids is 1. The summed E-state index contributed by atoms with van der Waals surface area (Å²) in [5.41, 5.74) is 6.35. The summed E-state index contributed by atoms with van der Waals surface area (Å²) in [5, 5.41) is 6.79. The van der Waals surface area contributed by atoms with Crippen LogP contribution in [0.5, 0.6) is 0 Å². The van der Waals surface area contributed by atoms with Gasteiger partial charge in [0.25, 0.3) is 5.91 Å². The minimum absolute atomic E-state index is 0.274. The number of rotatable bonds is 3. The first-order chi connectivity index (χ1) is 8.19. The van der Waals surface area contributed by atoms with Crippen LogP contribution in [-0.2, 0) is 6.54 Å². The van der Waals surface area contributed by atoms with Crippen LogP contribution in [0.25, 0.3) is 0 Å². The summed E-state index contributed by atoms with van der Waals surface area (Å²) < 4.78 is 1.72. The molecule has 2 aromatic heterocycles. The number of aryl methyl sites for hydroxylation is 1. The third kappa shape index (κ3) is 2.60. The average molecular weight is 231 g/mol. The fraction of sp³-hybridized carbons (Fsp3) is 0.182. The third-order valence-corrected chi connectivity index (χ3v) is 2.22.